The highest BCUT2D eigenvalue weighted by Gasteiger charge is 2.38. The molecule has 4 heteroatoms. The van der Waals surface area contributed by atoms with Gasteiger partial charge in [0.2, 0.25) is 0 Å². The van der Waals surface area contributed by atoms with Crippen molar-refractivity contribution in [2.24, 2.45) is 0 Å². The van der Waals surface area contributed by atoms with Gasteiger partial charge in [-0.3, -0.25) is 0 Å². The Hall–Kier alpha value is -8.34. The minimum Gasteiger partial charge on any atom is -0.309 e. The van der Waals surface area contributed by atoms with Crippen LogP contribution in [0.5, 0.6) is 0 Å². The lowest BCUT2D eigenvalue weighted by Gasteiger charge is -2.25. The molecule has 1 aliphatic carbocycles. The molecular weight excluding hydrogens is 789 g/mol. The largest absolute Gasteiger partial charge is 0.309 e. The summed E-state index contributed by atoms with van der Waals surface area (Å²) in [6, 6.07) is 75.3. The number of nitrogens with zero attached hydrogens (tertiary/aromatic N) is 4. The van der Waals surface area contributed by atoms with Crippen LogP contribution in [0.15, 0.2) is 206 Å². The van der Waals surface area contributed by atoms with E-state index < -0.39 is 0 Å². The van der Waals surface area contributed by atoms with E-state index in [1.165, 1.54) is 82.1 Å². The lowest BCUT2D eigenvalue weighted by molar-refractivity contribution is 0.662. The van der Waals surface area contributed by atoms with Crippen LogP contribution in [-0.2, 0) is 5.41 Å². The molecule has 0 saturated carbocycles. The Morgan fingerprint density at radius 1 is 0.369 bits per heavy atom. The average molecular weight is 829 g/mol. The SMILES string of the molecule is CC1(C)c2ccccc2-c2cccc(-c3nc4ccccc4nc3-c3cccc(-n4c5ccccc5c5cc6c(-n7c8ccccc8c8cc9ccccc9cc87)cccc6cc54)c3)c21. The van der Waals surface area contributed by atoms with Gasteiger partial charge in [0.15, 0.2) is 0 Å². The molecule has 0 amide bonds. The second kappa shape index (κ2) is 13.3. The molecule has 3 heterocycles. The van der Waals surface area contributed by atoms with Crippen molar-refractivity contribution in [1.29, 1.82) is 0 Å². The molecule has 4 nitrogen and oxygen atoms in total. The molecule has 304 valence electrons. The van der Waals surface area contributed by atoms with Crippen molar-refractivity contribution in [3.8, 4) is 45.0 Å². The fourth-order valence-electron chi connectivity index (χ4n) is 11.3. The van der Waals surface area contributed by atoms with E-state index in [-0.39, 0.29) is 5.41 Å². The van der Waals surface area contributed by atoms with Gasteiger partial charge in [0.1, 0.15) is 0 Å². The van der Waals surface area contributed by atoms with Gasteiger partial charge in [-0.1, -0.05) is 153 Å². The summed E-state index contributed by atoms with van der Waals surface area (Å²) >= 11 is 0. The van der Waals surface area contributed by atoms with Crippen LogP contribution in [0.3, 0.4) is 0 Å². The molecule has 10 aromatic carbocycles. The number of rotatable bonds is 4. The lowest BCUT2D eigenvalue weighted by Crippen LogP contribution is -2.16. The zero-order valence-corrected chi connectivity index (χ0v) is 35.9. The van der Waals surface area contributed by atoms with E-state index in [2.05, 4.69) is 223 Å². The van der Waals surface area contributed by atoms with Crippen molar-refractivity contribution in [1.82, 2.24) is 19.1 Å². The van der Waals surface area contributed by atoms with E-state index in [1.807, 2.05) is 6.07 Å². The highest BCUT2D eigenvalue weighted by Crippen LogP contribution is 2.53. The molecule has 0 fully saturated rings. The summed E-state index contributed by atoms with van der Waals surface area (Å²) in [5.74, 6) is 0. The molecule has 0 unspecified atom stereocenters. The number of hydrogen-bond donors (Lipinski definition) is 0. The molecule has 14 rings (SSSR count). The Labute approximate surface area is 375 Å². The van der Waals surface area contributed by atoms with E-state index in [0.29, 0.717) is 0 Å². The van der Waals surface area contributed by atoms with Crippen molar-refractivity contribution in [3.63, 3.8) is 0 Å². The number of aromatic nitrogens is 4. The summed E-state index contributed by atoms with van der Waals surface area (Å²) in [7, 11) is 0. The van der Waals surface area contributed by atoms with E-state index in [9.17, 15) is 0 Å². The highest BCUT2D eigenvalue weighted by molar-refractivity contribution is 6.17. The summed E-state index contributed by atoms with van der Waals surface area (Å²) in [5.41, 5.74) is 17.6. The molecule has 0 aliphatic heterocycles. The monoisotopic (exact) mass is 828 g/mol. The third-order valence-electron chi connectivity index (χ3n) is 14.2. The van der Waals surface area contributed by atoms with Crippen LogP contribution < -0.4 is 0 Å². The normalized spacial score (nSPS) is 13.2. The number of benzene rings is 10. The van der Waals surface area contributed by atoms with Crippen LogP contribution in [0.25, 0.3) is 121 Å². The quantitative estimate of drug-likeness (QED) is 0.177. The Balaban J connectivity index is 0.987. The Morgan fingerprint density at radius 2 is 0.938 bits per heavy atom. The zero-order valence-electron chi connectivity index (χ0n) is 35.9. The topological polar surface area (TPSA) is 35.6 Å². The van der Waals surface area contributed by atoms with Crippen molar-refractivity contribution >= 4 is 76.2 Å². The molecule has 0 bridgehead atoms. The minimum atomic E-state index is -0.212. The molecule has 65 heavy (non-hydrogen) atoms. The predicted molar refractivity (Wildman–Crippen MR) is 272 cm³/mol. The first-order valence-corrected chi connectivity index (χ1v) is 22.5. The fraction of sp³-hybridized carbons (Fsp3) is 0.0492. The van der Waals surface area contributed by atoms with Gasteiger partial charge < -0.3 is 9.13 Å². The van der Waals surface area contributed by atoms with E-state index >= 15 is 0 Å². The molecule has 0 spiro atoms. The molecule has 1 aliphatic rings. The van der Waals surface area contributed by atoms with Gasteiger partial charge >= 0.3 is 0 Å². The summed E-state index contributed by atoms with van der Waals surface area (Å²) in [4.78, 5) is 10.9. The van der Waals surface area contributed by atoms with Crippen molar-refractivity contribution in [2.75, 3.05) is 0 Å². The van der Waals surface area contributed by atoms with Crippen LogP contribution in [0.2, 0.25) is 0 Å². The van der Waals surface area contributed by atoms with Crippen LogP contribution in [-0.4, -0.2) is 19.1 Å². The smallest absolute Gasteiger partial charge is 0.0976 e. The van der Waals surface area contributed by atoms with Crippen molar-refractivity contribution in [2.45, 2.75) is 19.3 Å². The number of para-hydroxylation sites is 4. The van der Waals surface area contributed by atoms with Gasteiger partial charge in [-0.2, -0.15) is 0 Å². The molecule has 0 radical (unpaired) electrons. The van der Waals surface area contributed by atoms with Crippen LogP contribution >= 0.6 is 0 Å². The Kier molecular flexibility index (Phi) is 7.42. The van der Waals surface area contributed by atoms with Gasteiger partial charge in [-0.05, 0) is 105 Å². The average Bonchev–Trinajstić information content (AvgIpc) is 3.94. The van der Waals surface area contributed by atoms with Crippen molar-refractivity contribution < 1.29 is 0 Å². The van der Waals surface area contributed by atoms with Gasteiger partial charge in [0.25, 0.3) is 0 Å². The van der Waals surface area contributed by atoms with Crippen molar-refractivity contribution in [3.05, 3.63) is 217 Å². The van der Waals surface area contributed by atoms with Crippen LogP contribution in [0.4, 0.5) is 0 Å². The third kappa shape index (κ3) is 5.14. The predicted octanol–water partition coefficient (Wildman–Crippen LogP) is 15.8. The maximum absolute atomic E-state index is 5.46. The first-order valence-electron chi connectivity index (χ1n) is 22.5. The van der Waals surface area contributed by atoms with Gasteiger partial charge in [-0.15, -0.1) is 0 Å². The zero-order chi connectivity index (χ0) is 43.0. The van der Waals surface area contributed by atoms with E-state index in [0.717, 1.165) is 50.3 Å². The molecular formula is C61H40N4. The number of hydrogen-bond acceptors (Lipinski definition) is 2. The van der Waals surface area contributed by atoms with Gasteiger partial charge in [-0.25, -0.2) is 9.97 Å². The van der Waals surface area contributed by atoms with Gasteiger partial charge in [0.05, 0.1) is 50.2 Å². The highest BCUT2D eigenvalue weighted by atomic mass is 15.0. The maximum atomic E-state index is 5.46. The Morgan fingerprint density at radius 3 is 1.75 bits per heavy atom. The standard InChI is InChI=1S/C61H40N4/c1-61(2)50-26-8-5-21-42(50)45-24-15-25-46(58(45)61)60-59(62-51-27-9-10-28-52(51)63-60)40-19-13-20-41(32-40)64-53-29-11-6-23-44(53)49-36-47-39(35-56(49)64)18-14-31-55(47)65-54-30-12-7-22-43(54)48-33-37-16-3-4-17-38(37)34-57(48)65/h3-36H,1-2H3. The Bertz CT molecular complexity index is 4160. The van der Waals surface area contributed by atoms with E-state index in [1.54, 1.807) is 0 Å². The summed E-state index contributed by atoms with van der Waals surface area (Å²) in [5, 5.41) is 9.83. The maximum Gasteiger partial charge on any atom is 0.0976 e. The molecule has 0 atom stereocenters. The summed E-state index contributed by atoms with van der Waals surface area (Å²) in [6.07, 6.45) is 0. The van der Waals surface area contributed by atoms with Crippen LogP contribution in [0.1, 0.15) is 25.0 Å². The number of fused-ring (bicyclic) bond motifs is 12. The van der Waals surface area contributed by atoms with Crippen LogP contribution in [0, 0.1) is 0 Å². The fourth-order valence-corrected chi connectivity index (χ4v) is 11.3. The molecule has 0 N–H and O–H groups in total. The first-order chi connectivity index (χ1) is 32.0. The van der Waals surface area contributed by atoms with E-state index in [4.69, 9.17) is 9.97 Å². The first kappa shape index (κ1) is 36.2. The molecule has 0 saturated heterocycles. The lowest BCUT2D eigenvalue weighted by atomic mass is 9.79. The summed E-state index contributed by atoms with van der Waals surface area (Å²) in [6.45, 7) is 4.69. The second-order valence-electron chi connectivity index (χ2n) is 18.1. The second-order valence-corrected chi connectivity index (χ2v) is 18.1. The summed E-state index contributed by atoms with van der Waals surface area (Å²) < 4.78 is 4.90. The minimum absolute atomic E-state index is 0.212. The third-order valence-corrected chi connectivity index (χ3v) is 14.2. The van der Waals surface area contributed by atoms with Gasteiger partial charge in [0, 0.05) is 49.2 Å². The molecule has 13 aromatic rings. The molecule has 3 aromatic heterocycles.